The molecule has 6 rings (SSSR count). The highest BCUT2D eigenvalue weighted by atomic mass is 79.9. The lowest BCUT2D eigenvalue weighted by Crippen LogP contribution is -2.33. The summed E-state index contributed by atoms with van der Waals surface area (Å²) in [4.78, 5) is 67.9. The molecule has 3 atom stereocenters. The van der Waals surface area contributed by atoms with E-state index in [1.165, 1.54) is 16.7 Å². The fraction of sp³-hybridized carbons (Fsp3) is 0.194. The van der Waals surface area contributed by atoms with Crippen LogP contribution >= 0.6 is 50.6 Å². The Hall–Kier alpha value is -3.71. The largest absolute Gasteiger partial charge is 0.462 e. The van der Waals surface area contributed by atoms with E-state index in [1.807, 2.05) is 24.3 Å². The van der Waals surface area contributed by atoms with Crippen molar-refractivity contribution in [1.82, 2.24) is 4.57 Å². The second-order valence-corrected chi connectivity index (χ2v) is 13.5. The van der Waals surface area contributed by atoms with Crippen LogP contribution < -0.4 is 15.1 Å². The number of halogens is 2. The quantitative estimate of drug-likeness (QED) is 0.187. The smallest absolute Gasteiger partial charge is 0.338 e. The SMILES string of the molecule is CCOC(=O)c1ccc(N2C(=O)C3Sc4c(sc(=O)n4CC(=O)Nc4ccc(Cl)cc4)[C@H](c4cccc(Br)c4)C3C2=O)cc1. The van der Waals surface area contributed by atoms with E-state index in [4.69, 9.17) is 16.3 Å². The van der Waals surface area contributed by atoms with E-state index in [9.17, 15) is 24.0 Å². The summed E-state index contributed by atoms with van der Waals surface area (Å²) in [5.41, 5.74) is 1.92. The van der Waals surface area contributed by atoms with Crippen LogP contribution in [0.5, 0.6) is 0 Å². The Kier molecular flexibility index (Phi) is 8.51. The highest BCUT2D eigenvalue weighted by molar-refractivity contribution is 9.10. The van der Waals surface area contributed by atoms with E-state index >= 15 is 0 Å². The van der Waals surface area contributed by atoms with Crippen molar-refractivity contribution >= 4 is 85.7 Å². The molecule has 1 N–H and O–H groups in total. The third-order valence-corrected chi connectivity index (χ3v) is 10.7. The maximum atomic E-state index is 14.1. The summed E-state index contributed by atoms with van der Waals surface area (Å²) in [7, 11) is 0. The van der Waals surface area contributed by atoms with Crippen molar-refractivity contribution in [2.45, 2.75) is 29.7 Å². The van der Waals surface area contributed by atoms with Crippen LogP contribution in [0, 0.1) is 5.92 Å². The first-order valence-electron chi connectivity index (χ1n) is 13.5. The second-order valence-electron chi connectivity index (χ2n) is 10.1. The molecule has 1 saturated heterocycles. The number of esters is 1. The summed E-state index contributed by atoms with van der Waals surface area (Å²) < 4.78 is 7.19. The molecule has 44 heavy (non-hydrogen) atoms. The summed E-state index contributed by atoms with van der Waals surface area (Å²) >= 11 is 11.6. The summed E-state index contributed by atoms with van der Waals surface area (Å²) in [6.07, 6.45) is 0. The molecule has 3 aromatic carbocycles. The molecule has 3 amide bonds. The van der Waals surface area contributed by atoms with Crippen LogP contribution in [0.3, 0.4) is 0 Å². The normalized spacial score (nSPS) is 19.0. The van der Waals surface area contributed by atoms with Gasteiger partial charge in [-0.2, -0.15) is 0 Å². The molecule has 4 aromatic rings. The topological polar surface area (TPSA) is 115 Å². The van der Waals surface area contributed by atoms with Gasteiger partial charge in [-0.1, -0.05) is 62.8 Å². The zero-order valence-electron chi connectivity index (χ0n) is 23.0. The Morgan fingerprint density at radius 2 is 1.73 bits per heavy atom. The lowest BCUT2D eigenvalue weighted by atomic mass is 9.83. The number of aromatic nitrogens is 1. The van der Waals surface area contributed by atoms with Gasteiger partial charge in [-0.3, -0.25) is 23.7 Å². The third kappa shape index (κ3) is 5.63. The third-order valence-electron chi connectivity index (χ3n) is 7.32. The van der Waals surface area contributed by atoms with Gasteiger partial charge in [0, 0.05) is 26.0 Å². The minimum Gasteiger partial charge on any atom is -0.462 e. The van der Waals surface area contributed by atoms with Crippen LogP contribution in [0.4, 0.5) is 11.4 Å². The highest BCUT2D eigenvalue weighted by Gasteiger charge is 2.56. The minimum atomic E-state index is -0.844. The number of hydrogen-bond donors (Lipinski definition) is 1. The first kappa shape index (κ1) is 30.3. The van der Waals surface area contributed by atoms with Crippen molar-refractivity contribution in [1.29, 1.82) is 0 Å². The van der Waals surface area contributed by atoms with E-state index in [0.29, 0.717) is 31.9 Å². The molecule has 0 saturated carbocycles. The first-order valence-corrected chi connectivity index (χ1v) is 16.4. The van der Waals surface area contributed by atoms with Gasteiger partial charge in [0.1, 0.15) is 11.8 Å². The van der Waals surface area contributed by atoms with Crippen molar-refractivity contribution in [2.24, 2.45) is 5.92 Å². The van der Waals surface area contributed by atoms with Crippen molar-refractivity contribution in [3.05, 3.63) is 108 Å². The van der Waals surface area contributed by atoms with Gasteiger partial charge in [0.2, 0.25) is 17.7 Å². The fourth-order valence-electron chi connectivity index (χ4n) is 5.41. The number of carbonyl (C=O) groups excluding carboxylic acids is 4. The molecular weight excluding hydrogens is 690 g/mol. The predicted octanol–water partition coefficient (Wildman–Crippen LogP) is 5.94. The maximum Gasteiger partial charge on any atom is 0.338 e. The number of fused-ring (bicyclic) bond motifs is 2. The number of amides is 3. The second kappa shape index (κ2) is 12.4. The van der Waals surface area contributed by atoms with Gasteiger partial charge in [-0.25, -0.2) is 9.69 Å². The van der Waals surface area contributed by atoms with Crippen molar-refractivity contribution in [2.75, 3.05) is 16.8 Å². The van der Waals surface area contributed by atoms with Crippen molar-refractivity contribution < 1.29 is 23.9 Å². The van der Waals surface area contributed by atoms with Gasteiger partial charge in [0.15, 0.2) is 0 Å². The molecule has 1 aromatic heterocycles. The predicted molar refractivity (Wildman–Crippen MR) is 173 cm³/mol. The molecule has 0 bridgehead atoms. The summed E-state index contributed by atoms with van der Waals surface area (Å²) in [6, 6.07) is 20.2. The van der Waals surface area contributed by atoms with Crippen LogP contribution in [0.15, 0.2) is 87.1 Å². The minimum absolute atomic E-state index is 0.221. The number of imide groups is 1. The maximum absolute atomic E-state index is 14.1. The van der Waals surface area contributed by atoms with Crippen LogP contribution in [0.1, 0.15) is 33.6 Å². The van der Waals surface area contributed by atoms with Crippen LogP contribution in [-0.4, -0.2) is 40.1 Å². The molecule has 2 aliphatic heterocycles. The zero-order chi connectivity index (χ0) is 31.1. The van der Waals surface area contributed by atoms with Crippen LogP contribution in [0.25, 0.3) is 0 Å². The molecular formula is C31H23BrClN3O6S2. The average Bonchev–Trinajstić information content (AvgIpc) is 3.44. The monoisotopic (exact) mass is 711 g/mol. The van der Waals surface area contributed by atoms with Crippen LogP contribution in [-0.2, 0) is 25.7 Å². The van der Waals surface area contributed by atoms with E-state index in [2.05, 4.69) is 21.2 Å². The lowest BCUT2D eigenvalue weighted by Gasteiger charge is -2.30. The highest BCUT2D eigenvalue weighted by Crippen LogP contribution is 2.54. The Bertz CT molecular complexity index is 1860. The first-order chi connectivity index (χ1) is 21.2. The lowest BCUT2D eigenvalue weighted by molar-refractivity contribution is -0.122. The van der Waals surface area contributed by atoms with Gasteiger partial charge in [-0.15, -0.1) is 0 Å². The number of carbonyl (C=O) groups is 4. The molecule has 0 spiro atoms. The summed E-state index contributed by atoms with van der Waals surface area (Å²) in [5, 5.41) is 2.94. The molecule has 13 heteroatoms. The Morgan fingerprint density at radius 1 is 1.00 bits per heavy atom. The van der Waals surface area contributed by atoms with Gasteiger partial charge >= 0.3 is 10.8 Å². The molecule has 224 valence electrons. The molecule has 0 radical (unpaired) electrons. The summed E-state index contributed by atoms with van der Waals surface area (Å²) in [5.74, 6) is -3.16. The average molecular weight is 713 g/mol. The molecule has 1 fully saturated rings. The number of nitrogens with one attached hydrogen (secondary N) is 1. The number of anilines is 2. The molecule has 0 aliphatic carbocycles. The molecule has 9 nitrogen and oxygen atoms in total. The van der Waals surface area contributed by atoms with Gasteiger partial charge in [0.05, 0.1) is 28.8 Å². The Balaban J connectivity index is 1.37. The molecule has 3 heterocycles. The van der Waals surface area contributed by atoms with E-state index in [-0.39, 0.29) is 18.0 Å². The number of ether oxygens (including phenoxy) is 1. The van der Waals surface area contributed by atoms with E-state index in [1.54, 1.807) is 43.3 Å². The number of thiazole rings is 1. The Labute approximate surface area is 273 Å². The number of nitrogens with zero attached hydrogens (tertiary/aromatic N) is 2. The van der Waals surface area contributed by atoms with Gasteiger partial charge < -0.3 is 10.1 Å². The van der Waals surface area contributed by atoms with Gasteiger partial charge in [0.25, 0.3) is 0 Å². The molecule has 2 aliphatic rings. The Morgan fingerprint density at radius 3 is 2.41 bits per heavy atom. The fourth-order valence-corrected chi connectivity index (χ4v) is 8.72. The zero-order valence-corrected chi connectivity index (χ0v) is 27.0. The molecule has 2 unspecified atom stereocenters. The number of thioether (sulfide) groups is 1. The van der Waals surface area contributed by atoms with Crippen molar-refractivity contribution in [3.8, 4) is 0 Å². The number of benzene rings is 3. The van der Waals surface area contributed by atoms with Crippen LogP contribution in [0.2, 0.25) is 5.02 Å². The summed E-state index contributed by atoms with van der Waals surface area (Å²) in [6.45, 7) is 1.66. The van der Waals surface area contributed by atoms with Gasteiger partial charge in [-0.05, 0) is 73.2 Å². The number of hydrogen-bond acceptors (Lipinski definition) is 8. The standard InChI is InChI=1S/C31H23BrClN3O6S2/c1-2-42-30(40)16-6-12-21(13-7-16)36-27(38)24-23(17-4-3-5-18(32)14-17)26-29(43-25(24)28(36)39)35(31(41)44-26)15-22(37)34-20-10-8-19(33)9-11-20/h3-14,23-25H,2,15H2,1H3,(H,34,37)/t23-,24?,25?/m1/s1. The number of rotatable bonds is 7. The van der Waals surface area contributed by atoms with E-state index < -0.39 is 40.8 Å². The van der Waals surface area contributed by atoms with E-state index in [0.717, 1.165) is 38.0 Å². The van der Waals surface area contributed by atoms with Crippen molar-refractivity contribution in [3.63, 3.8) is 0 Å².